The maximum Gasteiger partial charge on any atom is 0.255 e. The molecule has 2 aliphatic carbocycles. The molecule has 1 aromatic heterocycles. The molecule has 9 heteroatoms. The van der Waals surface area contributed by atoms with Crippen LogP contribution in [0.5, 0.6) is 5.75 Å². The average Bonchev–Trinajstić information content (AvgIpc) is 2.80. The van der Waals surface area contributed by atoms with Gasteiger partial charge in [0, 0.05) is 48.0 Å². The number of primary sulfonamides is 1. The minimum Gasteiger partial charge on any atom is -0.496 e. The van der Waals surface area contributed by atoms with Gasteiger partial charge < -0.3 is 9.47 Å². The van der Waals surface area contributed by atoms with Crippen LogP contribution in [0, 0.1) is 10.8 Å². The fraction of sp³-hybridized carbons (Fsp3) is 0.414. The van der Waals surface area contributed by atoms with Crippen molar-refractivity contribution in [1.29, 1.82) is 0 Å². The number of ketones is 2. The van der Waals surface area contributed by atoms with E-state index in [0.29, 0.717) is 70.9 Å². The summed E-state index contributed by atoms with van der Waals surface area (Å²) in [6.45, 7) is 8.16. The van der Waals surface area contributed by atoms with Crippen molar-refractivity contribution in [3.8, 4) is 17.0 Å². The van der Waals surface area contributed by atoms with E-state index in [0.717, 1.165) is 0 Å². The first-order valence-electron chi connectivity index (χ1n) is 12.6. The molecule has 0 spiro atoms. The number of Topliss-reactive ketones (excluding diaryl/α,β-unsaturated/α-hetero) is 2. The third kappa shape index (κ3) is 4.69. The van der Waals surface area contributed by atoms with Crippen LogP contribution < -0.4 is 9.88 Å². The minimum absolute atomic E-state index is 0.0489. The molecule has 0 bridgehead atoms. The van der Waals surface area contributed by atoms with Gasteiger partial charge in [-0.2, -0.15) is 0 Å². The number of nitrogens with two attached hydrogens (primary N) is 1. The summed E-state index contributed by atoms with van der Waals surface area (Å²) in [6.07, 6.45) is 1.84. The number of hydrogen-bond donors (Lipinski definition) is 1. The summed E-state index contributed by atoms with van der Waals surface area (Å²) < 4.78 is 36.0. The molecule has 2 heterocycles. The molecule has 0 radical (unpaired) electrons. The fourth-order valence-electron chi connectivity index (χ4n) is 5.84. The number of ether oxygens (including phenoxy) is 2. The second-order valence-corrected chi connectivity index (χ2v) is 13.5. The predicted molar refractivity (Wildman–Crippen MR) is 142 cm³/mol. The summed E-state index contributed by atoms with van der Waals surface area (Å²) in [5, 5.41) is 5.06. The quantitative estimate of drug-likeness (QED) is 0.595. The van der Waals surface area contributed by atoms with E-state index in [2.05, 4.69) is 4.98 Å². The number of allylic oxidation sites excluding steroid dienone is 4. The topological polar surface area (TPSA) is 126 Å². The summed E-state index contributed by atoms with van der Waals surface area (Å²) in [5.41, 5.74) is 2.10. The largest absolute Gasteiger partial charge is 0.496 e. The van der Waals surface area contributed by atoms with Crippen LogP contribution >= 0.6 is 0 Å². The molecule has 2 N–H and O–H groups in total. The van der Waals surface area contributed by atoms with E-state index >= 15 is 0 Å². The highest BCUT2D eigenvalue weighted by Gasteiger charge is 2.48. The molecule has 8 nitrogen and oxygen atoms in total. The number of hydrogen-bond acceptors (Lipinski definition) is 7. The lowest BCUT2D eigenvalue weighted by Gasteiger charge is -2.43. The zero-order valence-corrected chi connectivity index (χ0v) is 23.1. The van der Waals surface area contributed by atoms with Gasteiger partial charge >= 0.3 is 0 Å². The van der Waals surface area contributed by atoms with Gasteiger partial charge in [-0.05, 0) is 41.2 Å². The van der Waals surface area contributed by atoms with Gasteiger partial charge in [0.15, 0.2) is 16.6 Å². The summed E-state index contributed by atoms with van der Waals surface area (Å²) in [5.74, 6) is 0.985. The van der Waals surface area contributed by atoms with Gasteiger partial charge in [0.05, 0.1) is 18.7 Å². The summed E-state index contributed by atoms with van der Waals surface area (Å²) >= 11 is 0. The van der Waals surface area contributed by atoms with Gasteiger partial charge in [-0.3, -0.25) is 9.59 Å². The smallest absolute Gasteiger partial charge is 0.255 e. The monoisotopic (exact) mass is 536 g/mol. The first kappa shape index (κ1) is 26.3. The molecular weight excluding hydrogens is 504 g/mol. The highest BCUT2D eigenvalue weighted by atomic mass is 32.2. The van der Waals surface area contributed by atoms with Crippen LogP contribution in [0.4, 0.5) is 0 Å². The first-order valence-corrected chi connectivity index (χ1v) is 14.1. The number of methoxy groups -OCH3 is 1. The Bertz CT molecular complexity index is 1500. The molecule has 1 aliphatic heterocycles. The van der Waals surface area contributed by atoms with Gasteiger partial charge in [-0.1, -0.05) is 33.8 Å². The van der Waals surface area contributed by atoms with Crippen LogP contribution in [0.15, 0.2) is 64.1 Å². The second kappa shape index (κ2) is 8.88. The van der Waals surface area contributed by atoms with Crippen molar-refractivity contribution in [2.75, 3.05) is 7.11 Å². The number of pyridine rings is 1. The number of benzene rings is 1. The van der Waals surface area contributed by atoms with Crippen LogP contribution in [-0.4, -0.2) is 32.1 Å². The standard InChI is InChI=1S/C29H32N2O6S/c1-28(2)12-19(32)26-22(14-28)37-23-15-29(3,4)13-20(33)27(23)25(26)17-11-16(9-10-21(17)36-5)18-7-6-8-24(31-18)38(30,34)35/h6-11,25H,12-15H2,1-5H3,(H2,30,34,35). The fourth-order valence-corrected chi connectivity index (χ4v) is 6.33. The molecule has 3 aliphatic rings. The Labute approximate surface area is 223 Å². The van der Waals surface area contributed by atoms with Crippen LogP contribution in [0.3, 0.4) is 0 Å². The molecule has 0 saturated heterocycles. The zero-order chi connectivity index (χ0) is 27.6. The van der Waals surface area contributed by atoms with Crippen molar-refractivity contribution < 1.29 is 27.5 Å². The molecule has 0 fully saturated rings. The summed E-state index contributed by atoms with van der Waals surface area (Å²) in [7, 11) is -2.46. The highest BCUT2D eigenvalue weighted by molar-refractivity contribution is 7.89. The Morgan fingerprint density at radius 2 is 1.50 bits per heavy atom. The molecule has 5 rings (SSSR count). The van der Waals surface area contributed by atoms with Gasteiger partial charge in [-0.25, -0.2) is 18.5 Å². The van der Waals surface area contributed by atoms with E-state index in [-0.39, 0.29) is 27.4 Å². The van der Waals surface area contributed by atoms with E-state index in [4.69, 9.17) is 14.6 Å². The van der Waals surface area contributed by atoms with Crippen LogP contribution in [0.25, 0.3) is 11.3 Å². The van der Waals surface area contributed by atoms with E-state index in [1.807, 2.05) is 33.8 Å². The number of sulfonamides is 1. The van der Waals surface area contributed by atoms with Crippen molar-refractivity contribution in [1.82, 2.24) is 4.98 Å². The van der Waals surface area contributed by atoms with Crippen LogP contribution in [-0.2, 0) is 24.3 Å². The molecule has 0 amide bonds. The second-order valence-electron chi connectivity index (χ2n) is 12.0. The van der Waals surface area contributed by atoms with E-state index in [9.17, 15) is 18.0 Å². The van der Waals surface area contributed by atoms with E-state index < -0.39 is 15.9 Å². The van der Waals surface area contributed by atoms with Crippen molar-refractivity contribution in [2.24, 2.45) is 16.0 Å². The van der Waals surface area contributed by atoms with Crippen molar-refractivity contribution >= 4 is 21.6 Å². The number of aromatic nitrogens is 1. The molecule has 0 saturated carbocycles. The highest BCUT2D eigenvalue weighted by Crippen LogP contribution is 2.54. The maximum absolute atomic E-state index is 13.6. The molecule has 200 valence electrons. The first-order chi connectivity index (χ1) is 17.7. The van der Waals surface area contributed by atoms with Gasteiger partial charge in [0.2, 0.25) is 0 Å². The van der Waals surface area contributed by atoms with Crippen LogP contribution in [0.1, 0.15) is 64.9 Å². The summed E-state index contributed by atoms with van der Waals surface area (Å²) in [6, 6.07) is 9.92. The molecule has 38 heavy (non-hydrogen) atoms. The molecular formula is C29H32N2O6S. The Morgan fingerprint density at radius 1 is 0.921 bits per heavy atom. The van der Waals surface area contributed by atoms with Gasteiger partial charge in [0.25, 0.3) is 10.0 Å². The number of nitrogens with zero attached hydrogens (tertiary/aromatic N) is 1. The normalized spacial score (nSPS) is 21.1. The Balaban J connectivity index is 1.74. The SMILES string of the molecule is COc1ccc(-c2cccc(S(N)(=O)=O)n2)cc1C1C2=C(CC(C)(C)CC2=O)OC2=C1C(=O)CC(C)(C)C2. The number of rotatable bonds is 4. The molecule has 2 aromatic rings. The zero-order valence-electron chi connectivity index (χ0n) is 22.3. The third-order valence-corrected chi connectivity index (χ3v) is 8.24. The van der Waals surface area contributed by atoms with Crippen molar-refractivity contribution in [3.63, 3.8) is 0 Å². The lowest BCUT2D eigenvalue weighted by Crippen LogP contribution is -2.37. The number of carbonyl (C=O) groups excluding carboxylic acids is 2. The Kier molecular flexibility index (Phi) is 6.15. The maximum atomic E-state index is 13.6. The molecule has 1 aromatic carbocycles. The van der Waals surface area contributed by atoms with Crippen molar-refractivity contribution in [2.45, 2.75) is 64.3 Å². The lowest BCUT2D eigenvalue weighted by atomic mass is 9.65. The Hall–Kier alpha value is -3.30. The molecule has 0 atom stereocenters. The van der Waals surface area contributed by atoms with E-state index in [1.165, 1.54) is 6.07 Å². The molecule has 0 unspecified atom stereocenters. The lowest BCUT2D eigenvalue weighted by molar-refractivity contribution is -0.120. The van der Waals surface area contributed by atoms with Gasteiger partial charge in [0.1, 0.15) is 17.3 Å². The van der Waals surface area contributed by atoms with Crippen molar-refractivity contribution in [3.05, 3.63) is 64.6 Å². The van der Waals surface area contributed by atoms with E-state index in [1.54, 1.807) is 31.4 Å². The average molecular weight is 537 g/mol. The number of carbonyl (C=O) groups is 2. The minimum atomic E-state index is -4.00. The predicted octanol–water partition coefficient (Wildman–Crippen LogP) is 4.80. The summed E-state index contributed by atoms with van der Waals surface area (Å²) in [4.78, 5) is 31.5. The third-order valence-electron chi connectivity index (χ3n) is 7.43. The van der Waals surface area contributed by atoms with Crippen LogP contribution in [0.2, 0.25) is 0 Å². The van der Waals surface area contributed by atoms with Gasteiger partial charge in [-0.15, -0.1) is 0 Å². The Morgan fingerprint density at radius 3 is 2.03 bits per heavy atom.